The van der Waals surface area contributed by atoms with Crippen LogP contribution in [0.5, 0.6) is 0 Å². The molecule has 0 aliphatic heterocycles. The third kappa shape index (κ3) is 3.94. The summed E-state index contributed by atoms with van der Waals surface area (Å²) in [5.74, 6) is 0.527. The standard InChI is InChI=1S/C35H41N/c1-22(2)35(8,9)28-15-11-14-26-27-20-25(21-34(5,6)7)16-17-29(27)36-30(18-19-31(36)33(26)28)32-23(3)12-10-13-24(32)4/h10-20,22H,21H2,1-9H3. The van der Waals surface area contributed by atoms with Gasteiger partial charge in [0.2, 0.25) is 0 Å². The topological polar surface area (TPSA) is 4.41 Å². The van der Waals surface area contributed by atoms with E-state index < -0.39 is 0 Å². The highest BCUT2D eigenvalue weighted by atomic mass is 14.9. The van der Waals surface area contributed by atoms with Crippen molar-refractivity contribution in [3.63, 3.8) is 0 Å². The lowest BCUT2D eigenvalue weighted by molar-refractivity contribution is 0.375. The molecule has 0 saturated carbocycles. The van der Waals surface area contributed by atoms with Crippen LogP contribution in [0.4, 0.5) is 0 Å². The number of aryl methyl sites for hydroxylation is 2. The van der Waals surface area contributed by atoms with Crippen LogP contribution in [0.1, 0.15) is 70.7 Å². The van der Waals surface area contributed by atoms with E-state index in [4.69, 9.17) is 0 Å². The number of hydrogen-bond donors (Lipinski definition) is 0. The summed E-state index contributed by atoms with van der Waals surface area (Å²) in [5, 5.41) is 4.11. The number of aromatic nitrogens is 1. The van der Waals surface area contributed by atoms with Crippen LogP contribution in [0.3, 0.4) is 0 Å². The van der Waals surface area contributed by atoms with Gasteiger partial charge in [-0.3, -0.25) is 0 Å². The first-order chi connectivity index (χ1) is 16.9. The fourth-order valence-electron chi connectivity index (χ4n) is 5.92. The second-order valence-electron chi connectivity index (χ2n) is 12.9. The second-order valence-corrected chi connectivity index (χ2v) is 12.9. The van der Waals surface area contributed by atoms with E-state index in [9.17, 15) is 0 Å². The van der Waals surface area contributed by atoms with Crippen LogP contribution >= 0.6 is 0 Å². The van der Waals surface area contributed by atoms with E-state index in [0.29, 0.717) is 5.92 Å². The number of fused-ring (bicyclic) bond motifs is 6. The maximum absolute atomic E-state index is 2.54. The Kier molecular flexibility index (Phi) is 5.82. The van der Waals surface area contributed by atoms with Crippen molar-refractivity contribution in [2.45, 2.75) is 74.1 Å². The summed E-state index contributed by atoms with van der Waals surface area (Å²) in [6.45, 7) is 20.9. The van der Waals surface area contributed by atoms with E-state index in [0.717, 1.165) is 6.42 Å². The normalized spacial score (nSPS) is 12.9. The van der Waals surface area contributed by atoms with E-state index in [2.05, 4.69) is 133 Å². The van der Waals surface area contributed by atoms with Crippen molar-refractivity contribution in [1.29, 1.82) is 0 Å². The van der Waals surface area contributed by atoms with E-state index >= 15 is 0 Å². The van der Waals surface area contributed by atoms with Crippen molar-refractivity contribution in [2.75, 3.05) is 0 Å². The molecule has 1 heteroatoms. The number of nitrogens with zero attached hydrogens (tertiary/aromatic N) is 1. The quantitative estimate of drug-likeness (QED) is 0.228. The van der Waals surface area contributed by atoms with Gasteiger partial charge < -0.3 is 4.40 Å². The molecule has 5 aromatic rings. The Balaban J connectivity index is 1.99. The predicted molar refractivity (Wildman–Crippen MR) is 158 cm³/mol. The summed E-state index contributed by atoms with van der Waals surface area (Å²) < 4.78 is 2.54. The highest BCUT2D eigenvalue weighted by Gasteiger charge is 2.28. The first-order valence-electron chi connectivity index (χ1n) is 13.5. The van der Waals surface area contributed by atoms with Crippen molar-refractivity contribution >= 4 is 27.2 Å². The van der Waals surface area contributed by atoms with Gasteiger partial charge in [-0.25, -0.2) is 0 Å². The molecule has 0 bridgehead atoms. The van der Waals surface area contributed by atoms with Gasteiger partial charge in [0, 0.05) is 16.3 Å². The minimum Gasteiger partial charge on any atom is -0.309 e. The minimum atomic E-state index is 0.0553. The molecule has 0 saturated heterocycles. The molecule has 0 fully saturated rings. The molecule has 0 radical (unpaired) electrons. The number of hydrogen-bond acceptors (Lipinski definition) is 0. The summed E-state index contributed by atoms with van der Waals surface area (Å²) in [5.41, 5.74) is 11.0. The third-order valence-corrected chi connectivity index (χ3v) is 8.40. The highest BCUT2D eigenvalue weighted by Crippen LogP contribution is 2.43. The number of pyridine rings is 1. The fourth-order valence-corrected chi connectivity index (χ4v) is 5.92. The van der Waals surface area contributed by atoms with Crippen LogP contribution in [0, 0.1) is 25.2 Å². The Hall–Kier alpha value is -3.06. The Labute approximate surface area is 217 Å². The van der Waals surface area contributed by atoms with Crippen molar-refractivity contribution < 1.29 is 0 Å². The molecule has 0 aliphatic rings. The largest absolute Gasteiger partial charge is 0.309 e. The van der Waals surface area contributed by atoms with Gasteiger partial charge in [-0.1, -0.05) is 90.9 Å². The SMILES string of the molecule is Cc1cccc(C)c1-c1ccc2c3c(C(C)(C)C(C)C)cccc3c3cc(CC(C)(C)C)ccc3n12. The van der Waals surface area contributed by atoms with E-state index in [1.54, 1.807) is 0 Å². The molecule has 2 aromatic heterocycles. The van der Waals surface area contributed by atoms with Crippen LogP contribution in [-0.2, 0) is 11.8 Å². The first kappa shape index (κ1) is 24.6. The maximum Gasteiger partial charge on any atom is 0.0544 e. The first-order valence-corrected chi connectivity index (χ1v) is 13.5. The van der Waals surface area contributed by atoms with Gasteiger partial charge in [-0.05, 0) is 88.9 Å². The molecule has 5 rings (SSSR count). The van der Waals surface area contributed by atoms with Gasteiger partial charge in [-0.2, -0.15) is 0 Å². The fraction of sp³-hybridized carbons (Fsp3) is 0.371. The Morgan fingerprint density at radius 3 is 2.00 bits per heavy atom. The van der Waals surface area contributed by atoms with Crippen LogP contribution in [0.2, 0.25) is 0 Å². The molecule has 186 valence electrons. The van der Waals surface area contributed by atoms with Gasteiger partial charge in [0.05, 0.1) is 16.7 Å². The predicted octanol–water partition coefficient (Wildman–Crippen LogP) is 10.1. The lowest BCUT2D eigenvalue weighted by Crippen LogP contribution is -2.24. The van der Waals surface area contributed by atoms with Crippen LogP contribution < -0.4 is 0 Å². The molecular weight excluding hydrogens is 434 g/mol. The van der Waals surface area contributed by atoms with Gasteiger partial charge in [0.15, 0.2) is 0 Å². The van der Waals surface area contributed by atoms with Gasteiger partial charge in [-0.15, -0.1) is 0 Å². The molecule has 36 heavy (non-hydrogen) atoms. The lowest BCUT2D eigenvalue weighted by atomic mass is 9.73. The smallest absolute Gasteiger partial charge is 0.0544 e. The molecule has 0 N–H and O–H groups in total. The van der Waals surface area contributed by atoms with Crippen LogP contribution in [-0.4, -0.2) is 4.40 Å². The summed E-state index contributed by atoms with van der Waals surface area (Å²) in [4.78, 5) is 0. The van der Waals surface area contributed by atoms with Crippen LogP contribution in [0.25, 0.3) is 38.4 Å². The zero-order valence-electron chi connectivity index (χ0n) is 23.6. The molecule has 3 aromatic carbocycles. The number of rotatable bonds is 4. The lowest BCUT2D eigenvalue weighted by Gasteiger charge is -2.32. The molecule has 0 atom stereocenters. The summed E-state index contributed by atoms with van der Waals surface area (Å²) in [6.07, 6.45) is 1.06. The molecule has 0 amide bonds. The molecule has 0 unspecified atom stereocenters. The van der Waals surface area contributed by atoms with E-state index in [-0.39, 0.29) is 10.8 Å². The molecule has 2 heterocycles. The monoisotopic (exact) mass is 475 g/mol. The zero-order valence-corrected chi connectivity index (χ0v) is 23.6. The van der Waals surface area contributed by atoms with E-state index in [1.165, 1.54) is 60.7 Å². The second kappa shape index (κ2) is 8.51. The molecule has 0 aliphatic carbocycles. The minimum absolute atomic E-state index is 0.0553. The van der Waals surface area contributed by atoms with Crippen molar-refractivity contribution in [1.82, 2.24) is 4.40 Å². The van der Waals surface area contributed by atoms with Crippen LogP contribution in [0.15, 0.2) is 66.7 Å². The van der Waals surface area contributed by atoms with Crippen molar-refractivity contribution in [2.24, 2.45) is 11.3 Å². The zero-order chi connectivity index (χ0) is 26.0. The van der Waals surface area contributed by atoms with Crippen molar-refractivity contribution in [3.8, 4) is 11.3 Å². The molecule has 0 spiro atoms. The number of benzene rings is 3. The summed E-state index contributed by atoms with van der Waals surface area (Å²) >= 11 is 0. The summed E-state index contributed by atoms with van der Waals surface area (Å²) in [7, 11) is 0. The van der Waals surface area contributed by atoms with Gasteiger partial charge >= 0.3 is 0 Å². The highest BCUT2D eigenvalue weighted by molar-refractivity contribution is 6.15. The average Bonchev–Trinajstić information content (AvgIpc) is 3.22. The van der Waals surface area contributed by atoms with Gasteiger partial charge in [0.25, 0.3) is 0 Å². The molecular formula is C35H41N. The average molecular weight is 476 g/mol. The Bertz CT molecular complexity index is 1580. The maximum atomic E-state index is 2.54. The Morgan fingerprint density at radius 1 is 0.722 bits per heavy atom. The third-order valence-electron chi connectivity index (χ3n) is 8.40. The summed E-state index contributed by atoms with van der Waals surface area (Å²) in [6, 6.07) is 25.5. The van der Waals surface area contributed by atoms with Crippen molar-refractivity contribution in [3.05, 3.63) is 89.0 Å². The Morgan fingerprint density at radius 2 is 1.36 bits per heavy atom. The van der Waals surface area contributed by atoms with Gasteiger partial charge in [0.1, 0.15) is 0 Å². The molecule has 1 nitrogen and oxygen atoms in total. The van der Waals surface area contributed by atoms with E-state index in [1.807, 2.05) is 0 Å².